The van der Waals surface area contributed by atoms with E-state index < -0.39 is 5.97 Å². The average molecular weight is 198 g/mol. The van der Waals surface area contributed by atoms with Crippen LogP contribution in [0.1, 0.15) is 22.0 Å². The third-order valence-corrected chi connectivity index (χ3v) is 2.26. The Morgan fingerprint density at radius 3 is 2.85 bits per heavy atom. The number of carbonyl (C=O) groups is 1. The molecule has 0 saturated carbocycles. The number of carboxylic acids is 1. The minimum absolute atomic E-state index is 0.198. The van der Waals surface area contributed by atoms with Gasteiger partial charge < -0.3 is 10.4 Å². The molecule has 0 bridgehead atoms. The first kappa shape index (κ1) is 8.53. The fourth-order valence-corrected chi connectivity index (χ4v) is 1.47. The van der Waals surface area contributed by atoms with Gasteiger partial charge in [0.25, 0.3) is 0 Å². The maximum absolute atomic E-state index is 10.8. The quantitative estimate of drug-likeness (QED) is 0.710. The third-order valence-electron chi connectivity index (χ3n) is 2.03. The molecular formula is C9H8ClNO2. The van der Waals surface area contributed by atoms with Crippen LogP contribution in [0.25, 0.3) is 0 Å². The average Bonchev–Trinajstić information content (AvgIpc) is 2.87. The summed E-state index contributed by atoms with van der Waals surface area (Å²) in [5, 5.41) is 12.4. The van der Waals surface area contributed by atoms with E-state index in [1.165, 1.54) is 6.07 Å². The van der Waals surface area contributed by atoms with Gasteiger partial charge in [-0.2, -0.15) is 0 Å². The number of nitrogens with one attached hydrogen (secondary N) is 1. The molecule has 1 aliphatic rings. The van der Waals surface area contributed by atoms with Crippen LogP contribution in [0.4, 0.5) is 0 Å². The third kappa shape index (κ3) is 1.66. The smallest absolute Gasteiger partial charge is 0.336 e. The summed E-state index contributed by atoms with van der Waals surface area (Å²) >= 11 is 5.70. The van der Waals surface area contributed by atoms with Crippen molar-refractivity contribution in [3.05, 3.63) is 34.3 Å². The Kier molecular flexibility index (Phi) is 1.98. The highest BCUT2D eigenvalue weighted by molar-refractivity contribution is 6.31. The zero-order chi connectivity index (χ0) is 9.42. The summed E-state index contributed by atoms with van der Waals surface area (Å²) in [6.45, 7) is 0.849. The molecule has 0 spiro atoms. The first-order valence-electron chi connectivity index (χ1n) is 3.94. The van der Waals surface area contributed by atoms with Crippen molar-refractivity contribution in [3.8, 4) is 0 Å². The predicted molar refractivity (Wildman–Crippen MR) is 49.2 cm³/mol. The van der Waals surface area contributed by atoms with Gasteiger partial charge in [-0.05, 0) is 17.7 Å². The van der Waals surface area contributed by atoms with Crippen molar-refractivity contribution in [2.45, 2.75) is 6.04 Å². The van der Waals surface area contributed by atoms with Gasteiger partial charge in [0.1, 0.15) is 0 Å². The molecule has 1 fully saturated rings. The minimum Gasteiger partial charge on any atom is -0.478 e. The standard InChI is InChI=1S/C9H8ClNO2/c10-5-1-2-6(8-4-11-8)7(3-5)9(12)13/h1-3,8,11H,4H2,(H,12,13)/t8-/m1/s1. The molecule has 13 heavy (non-hydrogen) atoms. The number of halogens is 1. The van der Waals surface area contributed by atoms with E-state index in [2.05, 4.69) is 5.32 Å². The highest BCUT2D eigenvalue weighted by atomic mass is 35.5. The summed E-state index contributed by atoms with van der Waals surface area (Å²) in [5.41, 5.74) is 1.11. The van der Waals surface area contributed by atoms with Crippen molar-refractivity contribution >= 4 is 17.6 Å². The zero-order valence-electron chi connectivity index (χ0n) is 6.75. The highest BCUT2D eigenvalue weighted by Gasteiger charge is 2.26. The molecule has 0 unspecified atom stereocenters. The van der Waals surface area contributed by atoms with Gasteiger partial charge in [0, 0.05) is 17.6 Å². The number of benzene rings is 1. The second-order valence-corrected chi connectivity index (χ2v) is 3.43. The maximum atomic E-state index is 10.8. The summed E-state index contributed by atoms with van der Waals surface area (Å²) in [4.78, 5) is 10.8. The molecule has 1 heterocycles. The number of aromatic carboxylic acids is 1. The lowest BCUT2D eigenvalue weighted by atomic mass is 10.1. The molecule has 68 valence electrons. The first-order chi connectivity index (χ1) is 6.18. The molecule has 2 N–H and O–H groups in total. The van der Waals surface area contributed by atoms with Gasteiger partial charge >= 0.3 is 5.97 Å². The topological polar surface area (TPSA) is 59.2 Å². The van der Waals surface area contributed by atoms with Crippen LogP contribution >= 0.6 is 11.6 Å². The summed E-state index contributed by atoms with van der Waals surface area (Å²) in [7, 11) is 0. The van der Waals surface area contributed by atoms with Crippen molar-refractivity contribution in [1.29, 1.82) is 0 Å². The van der Waals surface area contributed by atoms with Crippen LogP contribution in [-0.4, -0.2) is 17.6 Å². The van der Waals surface area contributed by atoms with Crippen molar-refractivity contribution in [1.82, 2.24) is 5.32 Å². The van der Waals surface area contributed by atoms with E-state index in [-0.39, 0.29) is 6.04 Å². The summed E-state index contributed by atoms with van der Waals surface area (Å²) in [6, 6.07) is 5.15. The molecule has 1 aromatic rings. The van der Waals surface area contributed by atoms with E-state index in [9.17, 15) is 4.79 Å². The lowest BCUT2D eigenvalue weighted by molar-refractivity contribution is 0.0695. The number of carboxylic acid groups (broad SMARTS) is 1. The summed E-state index contributed by atoms with van der Waals surface area (Å²) in [5.74, 6) is -0.925. The molecule has 2 rings (SSSR count). The molecule has 1 aliphatic heterocycles. The minimum atomic E-state index is -0.925. The van der Waals surface area contributed by atoms with Crippen molar-refractivity contribution in [3.63, 3.8) is 0 Å². The lowest BCUT2D eigenvalue weighted by Gasteiger charge is -2.03. The molecule has 1 atom stereocenters. The van der Waals surface area contributed by atoms with Crippen LogP contribution in [0, 0.1) is 0 Å². The SMILES string of the molecule is O=C(O)c1cc(Cl)ccc1[C@H]1CN1. The molecule has 0 aliphatic carbocycles. The second-order valence-electron chi connectivity index (χ2n) is 3.00. The Hall–Kier alpha value is -1.06. The molecule has 0 radical (unpaired) electrons. The van der Waals surface area contributed by atoms with Crippen LogP contribution in [0.15, 0.2) is 18.2 Å². The van der Waals surface area contributed by atoms with Crippen molar-refractivity contribution in [2.75, 3.05) is 6.54 Å². The molecule has 3 nitrogen and oxygen atoms in total. The molecule has 1 saturated heterocycles. The van der Waals surface area contributed by atoms with Gasteiger partial charge in [-0.1, -0.05) is 17.7 Å². The molecular weight excluding hydrogens is 190 g/mol. The van der Waals surface area contributed by atoms with Gasteiger partial charge in [0.15, 0.2) is 0 Å². The van der Waals surface area contributed by atoms with Crippen LogP contribution in [-0.2, 0) is 0 Å². The van der Waals surface area contributed by atoms with E-state index in [4.69, 9.17) is 16.7 Å². The van der Waals surface area contributed by atoms with E-state index in [1.54, 1.807) is 12.1 Å². The largest absolute Gasteiger partial charge is 0.478 e. The van der Waals surface area contributed by atoms with Gasteiger partial charge in [0.2, 0.25) is 0 Å². The lowest BCUT2D eigenvalue weighted by Crippen LogP contribution is -2.02. The number of hydrogen-bond donors (Lipinski definition) is 2. The Balaban J connectivity index is 2.47. The van der Waals surface area contributed by atoms with Crippen LogP contribution in [0.3, 0.4) is 0 Å². The Bertz CT molecular complexity index is 361. The normalized spacial score (nSPS) is 19.9. The van der Waals surface area contributed by atoms with Gasteiger partial charge in [-0.15, -0.1) is 0 Å². The van der Waals surface area contributed by atoms with Gasteiger partial charge in [-0.25, -0.2) is 4.79 Å². The number of hydrogen-bond acceptors (Lipinski definition) is 2. The van der Waals surface area contributed by atoms with E-state index >= 15 is 0 Å². The summed E-state index contributed by atoms with van der Waals surface area (Å²) in [6.07, 6.45) is 0. The van der Waals surface area contributed by atoms with E-state index in [1.807, 2.05) is 0 Å². The molecule has 0 amide bonds. The van der Waals surface area contributed by atoms with Crippen molar-refractivity contribution < 1.29 is 9.90 Å². The second kappa shape index (κ2) is 3.01. The van der Waals surface area contributed by atoms with Crippen LogP contribution < -0.4 is 5.32 Å². The van der Waals surface area contributed by atoms with Gasteiger partial charge in [0.05, 0.1) is 5.56 Å². The Morgan fingerprint density at radius 2 is 2.31 bits per heavy atom. The number of rotatable bonds is 2. The summed E-state index contributed by atoms with van der Waals surface area (Å²) < 4.78 is 0. The van der Waals surface area contributed by atoms with Crippen LogP contribution in [0.5, 0.6) is 0 Å². The van der Waals surface area contributed by atoms with E-state index in [0.717, 1.165) is 12.1 Å². The first-order valence-corrected chi connectivity index (χ1v) is 4.32. The Morgan fingerprint density at radius 1 is 1.62 bits per heavy atom. The van der Waals surface area contributed by atoms with E-state index in [0.29, 0.717) is 10.6 Å². The van der Waals surface area contributed by atoms with Crippen LogP contribution in [0.2, 0.25) is 5.02 Å². The van der Waals surface area contributed by atoms with Gasteiger partial charge in [-0.3, -0.25) is 0 Å². The monoisotopic (exact) mass is 197 g/mol. The fourth-order valence-electron chi connectivity index (χ4n) is 1.30. The molecule has 0 aromatic heterocycles. The maximum Gasteiger partial charge on any atom is 0.336 e. The highest BCUT2D eigenvalue weighted by Crippen LogP contribution is 2.27. The van der Waals surface area contributed by atoms with Crippen molar-refractivity contribution in [2.24, 2.45) is 0 Å². The molecule has 4 heteroatoms. The fraction of sp³-hybridized carbons (Fsp3) is 0.222. The predicted octanol–water partition coefficient (Wildman–Crippen LogP) is 1.68. The zero-order valence-corrected chi connectivity index (χ0v) is 7.51. The molecule has 1 aromatic carbocycles. The Labute approximate surface area is 80.3 Å².